The average Bonchev–Trinajstić information content (AvgIpc) is 3.01. The summed E-state index contributed by atoms with van der Waals surface area (Å²) in [6.45, 7) is -0.433. The summed E-state index contributed by atoms with van der Waals surface area (Å²) in [4.78, 5) is 22.2. The summed E-state index contributed by atoms with van der Waals surface area (Å²) in [5, 5.41) is 31.5. The largest absolute Gasteiger partial charge is 0.394 e. The number of hydrogen-bond donors (Lipinski definition) is 3. The fourth-order valence-electron chi connectivity index (χ4n) is 2.20. The molecule has 1 fully saturated rings. The summed E-state index contributed by atoms with van der Waals surface area (Å²) in [6, 6.07) is 0. The minimum atomic E-state index is -1.26. The zero-order valence-electron chi connectivity index (χ0n) is 10.1. The van der Waals surface area contributed by atoms with Gasteiger partial charge < -0.3 is 20.1 Å². The van der Waals surface area contributed by atoms with E-state index in [9.17, 15) is 15.1 Å². The van der Waals surface area contributed by atoms with Crippen molar-refractivity contribution in [3.63, 3.8) is 0 Å². The second-order valence-corrected chi connectivity index (χ2v) is 4.34. The fraction of sp³-hybridized carbons (Fsp3) is 0.500. The summed E-state index contributed by atoms with van der Waals surface area (Å²) in [7, 11) is 0. The minimum absolute atomic E-state index is 0.125. The number of rotatable bonds is 3. The van der Waals surface area contributed by atoms with Gasteiger partial charge in [0.25, 0.3) is 0 Å². The maximum Gasteiger partial charge on any atom is 0.227 e. The minimum Gasteiger partial charge on any atom is -0.394 e. The van der Waals surface area contributed by atoms with Crippen LogP contribution in [0.5, 0.6) is 0 Å². The van der Waals surface area contributed by atoms with Gasteiger partial charge in [-0.25, -0.2) is 15.0 Å². The molecule has 20 heavy (non-hydrogen) atoms. The van der Waals surface area contributed by atoms with E-state index < -0.39 is 31.1 Å². The monoisotopic (exact) mass is 281 g/mol. The molecule has 10 heteroatoms. The zero-order chi connectivity index (χ0) is 14.3. The molecule has 3 N–H and O–H groups in total. The number of fused-ring (bicyclic) bond motifs is 1. The molecule has 0 aliphatic carbocycles. The van der Waals surface area contributed by atoms with Crippen molar-refractivity contribution in [2.24, 2.45) is 5.18 Å². The Kier molecular flexibility index (Phi) is 3.14. The highest BCUT2D eigenvalue weighted by Crippen LogP contribution is 2.32. The highest BCUT2D eigenvalue weighted by atomic mass is 16.6. The van der Waals surface area contributed by atoms with E-state index in [2.05, 4.69) is 20.1 Å². The van der Waals surface area contributed by atoms with Gasteiger partial charge in [-0.1, -0.05) is 0 Å². The number of nitroso groups, excluding NO2 is 1. The lowest BCUT2D eigenvalue weighted by Crippen LogP contribution is -2.33. The van der Waals surface area contributed by atoms with Gasteiger partial charge >= 0.3 is 0 Å². The van der Waals surface area contributed by atoms with Crippen molar-refractivity contribution in [2.45, 2.75) is 24.5 Å². The SMILES string of the molecule is O=Nc1ncnc2c1ncn2[C@@H]1O[C@H](CO)[C@@H](O)[C@H]1O. The molecule has 1 saturated heterocycles. The van der Waals surface area contributed by atoms with E-state index in [0.29, 0.717) is 0 Å². The number of ether oxygens (including phenoxy) is 1. The van der Waals surface area contributed by atoms with Crippen LogP contribution in [0.4, 0.5) is 5.82 Å². The highest BCUT2D eigenvalue weighted by molar-refractivity contribution is 5.80. The molecule has 2 aromatic heterocycles. The van der Waals surface area contributed by atoms with Crippen LogP contribution in [0, 0.1) is 4.91 Å². The maximum absolute atomic E-state index is 10.6. The first-order chi connectivity index (χ1) is 9.67. The van der Waals surface area contributed by atoms with Gasteiger partial charge in [-0.3, -0.25) is 4.57 Å². The van der Waals surface area contributed by atoms with Crippen LogP contribution in [0.25, 0.3) is 11.2 Å². The van der Waals surface area contributed by atoms with E-state index >= 15 is 0 Å². The first-order valence-corrected chi connectivity index (χ1v) is 5.80. The Hall–Kier alpha value is -2.01. The average molecular weight is 281 g/mol. The van der Waals surface area contributed by atoms with Crippen molar-refractivity contribution in [1.82, 2.24) is 19.5 Å². The Morgan fingerprint density at radius 1 is 1.30 bits per heavy atom. The number of hydrogen-bond acceptors (Lipinski definition) is 9. The molecule has 3 heterocycles. The highest BCUT2D eigenvalue weighted by Gasteiger charge is 2.44. The van der Waals surface area contributed by atoms with Gasteiger partial charge in [0, 0.05) is 0 Å². The predicted molar refractivity (Wildman–Crippen MR) is 63.8 cm³/mol. The van der Waals surface area contributed by atoms with Crippen molar-refractivity contribution < 1.29 is 20.1 Å². The van der Waals surface area contributed by atoms with E-state index in [-0.39, 0.29) is 17.0 Å². The molecule has 0 bridgehead atoms. The third-order valence-electron chi connectivity index (χ3n) is 3.22. The van der Waals surface area contributed by atoms with Gasteiger partial charge in [0.05, 0.1) is 12.9 Å². The summed E-state index contributed by atoms with van der Waals surface area (Å²) in [5.74, 6) is -0.125. The van der Waals surface area contributed by atoms with Crippen molar-refractivity contribution in [3.05, 3.63) is 17.6 Å². The Labute approximate surface area is 111 Å². The van der Waals surface area contributed by atoms with Crippen molar-refractivity contribution >= 4 is 17.0 Å². The number of nitrogens with zero attached hydrogens (tertiary/aromatic N) is 5. The zero-order valence-corrected chi connectivity index (χ0v) is 10.1. The molecule has 106 valence electrons. The number of aliphatic hydroxyl groups is 3. The van der Waals surface area contributed by atoms with Crippen molar-refractivity contribution in [1.29, 1.82) is 0 Å². The predicted octanol–water partition coefficient (Wildman–Crippen LogP) is -1.16. The molecule has 3 rings (SSSR count). The first-order valence-electron chi connectivity index (χ1n) is 5.80. The van der Waals surface area contributed by atoms with Crippen LogP contribution in [-0.2, 0) is 4.74 Å². The molecular formula is C10H11N5O5. The third-order valence-corrected chi connectivity index (χ3v) is 3.22. The topological polar surface area (TPSA) is 143 Å². The van der Waals surface area contributed by atoms with Crippen LogP contribution in [-0.4, -0.2) is 59.8 Å². The van der Waals surface area contributed by atoms with E-state index in [1.807, 2.05) is 0 Å². The summed E-state index contributed by atoms with van der Waals surface area (Å²) >= 11 is 0. The second-order valence-electron chi connectivity index (χ2n) is 4.34. The summed E-state index contributed by atoms with van der Waals surface area (Å²) < 4.78 is 6.72. The molecule has 2 aromatic rings. The van der Waals surface area contributed by atoms with E-state index in [4.69, 9.17) is 9.84 Å². The standard InChI is InChI=1S/C10H11N5O5/c16-1-4-6(17)7(18)10(20-4)15-3-13-5-8(14-19)11-2-12-9(5)15/h2-4,6-7,10,16-18H,1H2/t4-,6-,7-,10-/m1/s1. The number of aromatic nitrogens is 4. The molecule has 0 aromatic carbocycles. The lowest BCUT2D eigenvalue weighted by Gasteiger charge is -2.16. The Morgan fingerprint density at radius 2 is 2.10 bits per heavy atom. The van der Waals surface area contributed by atoms with Gasteiger partial charge in [-0.2, -0.15) is 0 Å². The van der Waals surface area contributed by atoms with Gasteiger partial charge in [0.2, 0.25) is 5.82 Å². The molecule has 4 atom stereocenters. The first kappa shape index (κ1) is 13.0. The van der Waals surface area contributed by atoms with Crippen LogP contribution < -0.4 is 0 Å². The van der Waals surface area contributed by atoms with Gasteiger partial charge in [-0.05, 0) is 5.18 Å². The molecular weight excluding hydrogens is 270 g/mol. The fourth-order valence-corrected chi connectivity index (χ4v) is 2.20. The van der Waals surface area contributed by atoms with Crippen LogP contribution in [0.15, 0.2) is 17.8 Å². The van der Waals surface area contributed by atoms with Crippen LogP contribution in [0.2, 0.25) is 0 Å². The van der Waals surface area contributed by atoms with E-state index in [1.54, 1.807) is 0 Å². The van der Waals surface area contributed by atoms with Crippen molar-refractivity contribution in [3.8, 4) is 0 Å². The molecule has 1 aliphatic rings. The third kappa shape index (κ3) is 1.78. The lowest BCUT2D eigenvalue weighted by atomic mass is 10.1. The van der Waals surface area contributed by atoms with Gasteiger partial charge in [-0.15, -0.1) is 4.91 Å². The molecule has 0 spiro atoms. The summed E-state index contributed by atoms with van der Waals surface area (Å²) in [6.07, 6.45) is -1.92. The van der Waals surface area contributed by atoms with Crippen LogP contribution in [0.1, 0.15) is 6.23 Å². The summed E-state index contributed by atoms with van der Waals surface area (Å²) in [5.41, 5.74) is 0.407. The van der Waals surface area contributed by atoms with Crippen molar-refractivity contribution in [2.75, 3.05) is 6.61 Å². The Morgan fingerprint density at radius 3 is 2.75 bits per heavy atom. The van der Waals surface area contributed by atoms with Crippen LogP contribution >= 0.6 is 0 Å². The van der Waals surface area contributed by atoms with E-state index in [0.717, 1.165) is 6.33 Å². The molecule has 0 radical (unpaired) electrons. The quantitative estimate of drug-likeness (QED) is 0.597. The maximum atomic E-state index is 10.6. The second kappa shape index (κ2) is 4.83. The number of imidazole rings is 1. The van der Waals surface area contributed by atoms with Crippen LogP contribution in [0.3, 0.4) is 0 Å². The van der Waals surface area contributed by atoms with E-state index in [1.165, 1.54) is 10.9 Å². The normalized spacial score (nSPS) is 29.9. The van der Waals surface area contributed by atoms with Gasteiger partial charge in [0.1, 0.15) is 24.6 Å². The smallest absolute Gasteiger partial charge is 0.227 e. The molecule has 0 amide bonds. The van der Waals surface area contributed by atoms with Gasteiger partial charge in [0.15, 0.2) is 17.4 Å². The number of aliphatic hydroxyl groups excluding tert-OH is 3. The lowest BCUT2D eigenvalue weighted by molar-refractivity contribution is -0.0511. The molecule has 1 aliphatic heterocycles. The molecule has 0 saturated carbocycles. The Bertz CT molecular complexity index is 646. The molecule has 0 unspecified atom stereocenters. The molecule has 10 nitrogen and oxygen atoms in total. The Balaban J connectivity index is 2.05.